The number of aryl methyl sites for hydroxylation is 1. The second-order valence-electron chi connectivity index (χ2n) is 7.95. The van der Waals surface area contributed by atoms with Gasteiger partial charge in [-0.2, -0.15) is 0 Å². The van der Waals surface area contributed by atoms with Crippen molar-refractivity contribution in [3.8, 4) is 0 Å². The summed E-state index contributed by atoms with van der Waals surface area (Å²) in [7, 11) is -2.17. The number of piperazine rings is 1. The van der Waals surface area contributed by atoms with Crippen molar-refractivity contribution in [2.45, 2.75) is 11.8 Å². The van der Waals surface area contributed by atoms with Crippen molar-refractivity contribution in [1.82, 2.24) is 4.90 Å². The van der Waals surface area contributed by atoms with Gasteiger partial charge < -0.3 is 9.80 Å². The smallest absolute Gasteiger partial charge is 0.264 e. The van der Waals surface area contributed by atoms with Gasteiger partial charge in [0.05, 0.1) is 10.6 Å². The number of sulfonamides is 1. The number of carbonyl (C=O) groups is 1. The molecule has 3 aromatic rings. The Bertz CT molecular complexity index is 1190. The van der Waals surface area contributed by atoms with E-state index >= 15 is 0 Å². The van der Waals surface area contributed by atoms with Gasteiger partial charge in [0.2, 0.25) is 0 Å². The summed E-state index contributed by atoms with van der Waals surface area (Å²) >= 11 is 0. The number of carbonyl (C=O) groups excluding carboxylic acids is 1. The van der Waals surface area contributed by atoms with Gasteiger partial charge in [0.25, 0.3) is 15.9 Å². The highest BCUT2D eigenvalue weighted by Crippen LogP contribution is 2.23. The molecule has 0 unspecified atom stereocenters. The van der Waals surface area contributed by atoms with Crippen molar-refractivity contribution in [3.05, 3.63) is 90.0 Å². The second-order valence-corrected chi connectivity index (χ2v) is 9.92. The van der Waals surface area contributed by atoms with Crippen molar-refractivity contribution in [2.75, 3.05) is 42.4 Å². The first kappa shape index (κ1) is 21.9. The lowest BCUT2D eigenvalue weighted by atomic mass is 10.1. The van der Waals surface area contributed by atoms with Gasteiger partial charge in [-0.15, -0.1) is 0 Å². The molecule has 1 amide bonds. The van der Waals surface area contributed by atoms with Crippen LogP contribution in [-0.2, 0) is 10.0 Å². The van der Waals surface area contributed by atoms with Crippen LogP contribution in [0.1, 0.15) is 15.9 Å². The van der Waals surface area contributed by atoms with E-state index in [4.69, 9.17) is 0 Å². The molecule has 0 atom stereocenters. The average Bonchev–Trinajstić information content (AvgIpc) is 2.84. The number of hydrogen-bond donors (Lipinski definition) is 0. The Hall–Kier alpha value is -3.32. The fourth-order valence-corrected chi connectivity index (χ4v) is 5.07. The summed E-state index contributed by atoms with van der Waals surface area (Å²) in [5.41, 5.74) is 3.47. The molecular formula is C25H27N3O3S. The zero-order valence-corrected chi connectivity index (χ0v) is 19.1. The second kappa shape index (κ2) is 9.04. The van der Waals surface area contributed by atoms with Gasteiger partial charge >= 0.3 is 0 Å². The minimum Gasteiger partial charge on any atom is -0.368 e. The van der Waals surface area contributed by atoms with Crippen LogP contribution in [0.4, 0.5) is 11.4 Å². The number of hydrogen-bond acceptors (Lipinski definition) is 4. The number of para-hydroxylation sites is 1. The predicted molar refractivity (Wildman–Crippen MR) is 128 cm³/mol. The molecular weight excluding hydrogens is 422 g/mol. The monoisotopic (exact) mass is 449 g/mol. The first-order valence-corrected chi connectivity index (χ1v) is 12.1. The summed E-state index contributed by atoms with van der Waals surface area (Å²) < 4.78 is 27.1. The van der Waals surface area contributed by atoms with Gasteiger partial charge in [-0.3, -0.25) is 9.10 Å². The summed E-state index contributed by atoms with van der Waals surface area (Å²) in [6, 6.07) is 23.5. The van der Waals surface area contributed by atoms with Crippen LogP contribution in [0, 0.1) is 6.92 Å². The number of amides is 1. The third kappa shape index (κ3) is 4.48. The van der Waals surface area contributed by atoms with Gasteiger partial charge in [0.1, 0.15) is 0 Å². The van der Waals surface area contributed by atoms with Gasteiger partial charge in [0.15, 0.2) is 0 Å². The van der Waals surface area contributed by atoms with E-state index in [0.29, 0.717) is 24.3 Å². The maximum atomic E-state index is 13.0. The molecule has 1 saturated heterocycles. The van der Waals surface area contributed by atoms with Crippen molar-refractivity contribution in [2.24, 2.45) is 0 Å². The Morgan fingerprint density at radius 3 is 2.12 bits per heavy atom. The molecule has 0 aromatic heterocycles. The van der Waals surface area contributed by atoms with E-state index in [9.17, 15) is 13.2 Å². The van der Waals surface area contributed by atoms with Crippen LogP contribution in [-0.4, -0.2) is 52.5 Å². The Morgan fingerprint density at radius 1 is 0.844 bits per heavy atom. The Kier molecular flexibility index (Phi) is 6.19. The van der Waals surface area contributed by atoms with E-state index in [0.717, 1.165) is 13.1 Å². The highest BCUT2D eigenvalue weighted by molar-refractivity contribution is 7.92. The van der Waals surface area contributed by atoms with E-state index in [1.165, 1.54) is 34.7 Å². The molecule has 3 aromatic carbocycles. The molecule has 6 nitrogen and oxygen atoms in total. The molecule has 0 saturated carbocycles. The maximum absolute atomic E-state index is 13.0. The molecule has 0 N–H and O–H groups in total. The summed E-state index contributed by atoms with van der Waals surface area (Å²) in [5.74, 6) is -0.0748. The zero-order chi connectivity index (χ0) is 22.7. The molecule has 0 spiro atoms. The van der Waals surface area contributed by atoms with Gasteiger partial charge in [-0.25, -0.2) is 8.42 Å². The Morgan fingerprint density at radius 2 is 1.50 bits per heavy atom. The van der Waals surface area contributed by atoms with E-state index < -0.39 is 10.0 Å². The van der Waals surface area contributed by atoms with E-state index in [2.05, 4.69) is 30.0 Å². The first-order chi connectivity index (χ1) is 15.4. The molecule has 0 radical (unpaired) electrons. The van der Waals surface area contributed by atoms with Crippen LogP contribution in [0.5, 0.6) is 0 Å². The molecule has 4 rings (SSSR count). The third-order valence-corrected chi connectivity index (χ3v) is 7.61. The van der Waals surface area contributed by atoms with E-state index in [1.807, 2.05) is 17.0 Å². The average molecular weight is 450 g/mol. The standard InChI is InChI=1S/C25H27N3O3S/c1-20-7-6-10-23(19-20)27-15-17-28(18-16-27)25(29)21-11-13-24(14-12-21)32(30,31)26(2)22-8-4-3-5-9-22/h3-14,19H,15-18H2,1-2H3. The topological polar surface area (TPSA) is 60.9 Å². The normalized spacial score (nSPS) is 14.3. The SMILES string of the molecule is Cc1cccc(N2CCN(C(=O)c3ccc(S(=O)(=O)N(C)c4ccccc4)cc3)CC2)c1. The first-order valence-electron chi connectivity index (χ1n) is 10.6. The summed E-state index contributed by atoms with van der Waals surface area (Å²) in [6.07, 6.45) is 0. The van der Waals surface area contributed by atoms with Crippen LogP contribution < -0.4 is 9.21 Å². The number of benzene rings is 3. The summed E-state index contributed by atoms with van der Waals surface area (Å²) in [6.45, 7) is 4.87. The minimum atomic E-state index is -3.70. The minimum absolute atomic E-state index is 0.0748. The van der Waals surface area contributed by atoms with Crippen LogP contribution in [0.2, 0.25) is 0 Å². The quantitative estimate of drug-likeness (QED) is 0.595. The van der Waals surface area contributed by atoms with Crippen molar-refractivity contribution in [1.29, 1.82) is 0 Å². The molecule has 1 aliphatic rings. The van der Waals surface area contributed by atoms with Crippen LogP contribution in [0.3, 0.4) is 0 Å². The zero-order valence-electron chi connectivity index (χ0n) is 18.3. The third-order valence-electron chi connectivity index (χ3n) is 5.81. The number of nitrogens with zero attached hydrogens (tertiary/aromatic N) is 3. The lowest BCUT2D eigenvalue weighted by Crippen LogP contribution is -2.48. The van der Waals surface area contributed by atoms with Crippen LogP contribution in [0.15, 0.2) is 83.8 Å². The molecule has 0 bridgehead atoms. The number of rotatable bonds is 5. The molecule has 0 aliphatic carbocycles. The Balaban J connectivity index is 1.42. The van der Waals surface area contributed by atoms with E-state index in [1.54, 1.807) is 36.4 Å². The van der Waals surface area contributed by atoms with Crippen molar-refractivity contribution < 1.29 is 13.2 Å². The number of anilines is 2. The Labute approximate surface area is 189 Å². The van der Waals surface area contributed by atoms with Gasteiger partial charge in [0, 0.05) is 44.5 Å². The largest absolute Gasteiger partial charge is 0.368 e. The molecule has 32 heavy (non-hydrogen) atoms. The van der Waals surface area contributed by atoms with Gasteiger partial charge in [-0.05, 0) is 61.0 Å². The highest BCUT2D eigenvalue weighted by atomic mass is 32.2. The molecule has 7 heteroatoms. The lowest BCUT2D eigenvalue weighted by Gasteiger charge is -2.36. The van der Waals surface area contributed by atoms with Crippen molar-refractivity contribution >= 4 is 27.3 Å². The van der Waals surface area contributed by atoms with Gasteiger partial charge in [-0.1, -0.05) is 30.3 Å². The van der Waals surface area contributed by atoms with Crippen LogP contribution in [0.25, 0.3) is 0 Å². The van der Waals surface area contributed by atoms with E-state index in [-0.39, 0.29) is 10.8 Å². The fourth-order valence-electron chi connectivity index (χ4n) is 3.88. The van der Waals surface area contributed by atoms with Crippen LogP contribution >= 0.6 is 0 Å². The summed E-state index contributed by atoms with van der Waals surface area (Å²) in [4.78, 5) is 17.2. The predicted octanol–water partition coefficient (Wildman–Crippen LogP) is 3.78. The summed E-state index contributed by atoms with van der Waals surface area (Å²) in [5, 5.41) is 0. The van der Waals surface area contributed by atoms with Crippen molar-refractivity contribution in [3.63, 3.8) is 0 Å². The molecule has 1 fully saturated rings. The molecule has 1 aliphatic heterocycles. The molecule has 1 heterocycles. The highest BCUT2D eigenvalue weighted by Gasteiger charge is 2.24. The fraction of sp³-hybridized carbons (Fsp3) is 0.240. The maximum Gasteiger partial charge on any atom is 0.264 e. The molecule has 166 valence electrons. The lowest BCUT2D eigenvalue weighted by molar-refractivity contribution is 0.0746.